The van der Waals surface area contributed by atoms with Crippen LogP contribution in [0.5, 0.6) is 0 Å². The molecule has 0 saturated carbocycles. The van der Waals surface area contributed by atoms with Crippen LogP contribution in [0, 0.1) is 5.92 Å². The van der Waals surface area contributed by atoms with Gasteiger partial charge in [-0.25, -0.2) is 0 Å². The summed E-state index contributed by atoms with van der Waals surface area (Å²) in [5, 5.41) is 8.69. The van der Waals surface area contributed by atoms with E-state index in [0.717, 1.165) is 6.42 Å². The Bertz CT molecular complexity index is 282. The SMILES string of the molecule is CN[C@@H](CC(C)C)C(=O)NCC[C@H](NC)C(=O)OC. The van der Waals surface area contributed by atoms with E-state index >= 15 is 0 Å². The molecule has 0 aromatic carbocycles. The molecule has 1 amide bonds. The summed E-state index contributed by atoms with van der Waals surface area (Å²) in [4.78, 5) is 23.3. The van der Waals surface area contributed by atoms with Gasteiger partial charge in [0.15, 0.2) is 0 Å². The smallest absolute Gasteiger partial charge is 0.322 e. The number of methoxy groups -OCH3 is 1. The average Bonchev–Trinajstić information content (AvgIpc) is 2.39. The molecule has 0 aliphatic rings. The van der Waals surface area contributed by atoms with E-state index in [1.165, 1.54) is 7.11 Å². The van der Waals surface area contributed by atoms with Crippen molar-refractivity contribution >= 4 is 11.9 Å². The minimum absolute atomic E-state index is 0.0316. The Balaban J connectivity index is 4.10. The molecule has 0 aromatic rings. The number of carbonyl (C=O) groups excluding carboxylic acids is 2. The van der Waals surface area contributed by atoms with Gasteiger partial charge < -0.3 is 20.7 Å². The van der Waals surface area contributed by atoms with Crippen LogP contribution in [0.2, 0.25) is 0 Å². The zero-order valence-corrected chi connectivity index (χ0v) is 12.6. The van der Waals surface area contributed by atoms with Gasteiger partial charge in [-0.05, 0) is 32.9 Å². The van der Waals surface area contributed by atoms with Crippen molar-refractivity contribution in [2.24, 2.45) is 5.92 Å². The molecular weight excluding hydrogens is 246 g/mol. The maximum Gasteiger partial charge on any atom is 0.322 e. The van der Waals surface area contributed by atoms with Crippen LogP contribution in [-0.2, 0) is 14.3 Å². The average molecular weight is 273 g/mol. The quantitative estimate of drug-likeness (QED) is 0.511. The lowest BCUT2D eigenvalue weighted by atomic mass is 10.0. The Morgan fingerprint density at radius 2 is 1.68 bits per heavy atom. The van der Waals surface area contributed by atoms with Gasteiger partial charge in [0.2, 0.25) is 5.91 Å². The van der Waals surface area contributed by atoms with E-state index < -0.39 is 0 Å². The van der Waals surface area contributed by atoms with E-state index in [4.69, 9.17) is 0 Å². The molecule has 0 aromatic heterocycles. The third-order valence-corrected chi connectivity index (χ3v) is 2.94. The highest BCUT2D eigenvalue weighted by Gasteiger charge is 2.19. The topological polar surface area (TPSA) is 79.5 Å². The van der Waals surface area contributed by atoms with Crippen molar-refractivity contribution in [3.8, 4) is 0 Å². The highest BCUT2D eigenvalue weighted by Crippen LogP contribution is 2.04. The summed E-state index contributed by atoms with van der Waals surface area (Å²) < 4.78 is 4.66. The highest BCUT2D eigenvalue weighted by atomic mass is 16.5. The van der Waals surface area contributed by atoms with Crippen LogP contribution in [0.3, 0.4) is 0 Å². The fourth-order valence-corrected chi connectivity index (χ4v) is 1.81. The van der Waals surface area contributed by atoms with Gasteiger partial charge in [0.25, 0.3) is 0 Å². The highest BCUT2D eigenvalue weighted by molar-refractivity contribution is 5.81. The van der Waals surface area contributed by atoms with Crippen molar-refractivity contribution in [3.05, 3.63) is 0 Å². The molecule has 0 fully saturated rings. The fraction of sp³-hybridized carbons (Fsp3) is 0.846. The van der Waals surface area contributed by atoms with Gasteiger partial charge in [-0.3, -0.25) is 9.59 Å². The Labute approximate surface area is 115 Å². The second-order valence-corrected chi connectivity index (χ2v) is 4.91. The third kappa shape index (κ3) is 7.12. The first kappa shape index (κ1) is 17.9. The number of rotatable bonds is 9. The van der Waals surface area contributed by atoms with Crippen LogP contribution in [0.1, 0.15) is 26.7 Å². The fourth-order valence-electron chi connectivity index (χ4n) is 1.81. The van der Waals surface area contributed by atoms with Crippen molar-refractivity contribution < 1.29 is 14.3 Å². The molecule has 3 N–H and O–H groups in total. The zero-order valence-electron chi connectivity index (χ0n) is 12.6. The minimum Gasteiger partial charge on any atom is -0.468 e. The normalized spacial score (nSPS) is 14.0. The molecule has 0 heterocycles. The number of amides is 1. The standard InChI is InChI=1S/C13H27N3O3/c1-9(2)8-11(15-4)12(17)16-7-6-10(14-3)13(18)19-5/h9-11,14-15H,6-8H2,1-5H3,(H,16,17)/t10-,11-/m0/s1. The summed E-state index contributed by atoms with van der Waals surface area (Å²) in [6, 6.07) is -0.574. The number of esters is 1. The van der Waals surface area contributed by atoms with Gasteiger partial charge in [-0.1, -0.05) is 13.8 Å². The predicted molar refractivity (Wildman–Crippen MR) is 74.8 cm³/mol. The molecule has 0 saturated heterocycles. The molecule has 0 spiro atoms. The lowest BCUT2D eigenvalue weighted by molar-refractivity contribution is -0.143. The molecule has 0 bridgehead atoms. The van der Waals surface area contributed by atoms with Gasteiger partial charge in [0.1, 0.15) is 6.04 Å². The van der Waals surface area contributed by atoms with E-state index in [-0.39, 0.29) is 24.0 Å². The Morgan fingerprint density at radius 1 is 1.11 bits per heavy atom. The summed E-state index contributed by atoms with van der Waals surface area (Å²) in [7, 11) is 4.82. The summed E-state index contributed by atoms with van der Waals surface area (Å²) >= 11 is 0. The predicted octanol–water partition coefficient (Wildman–Crippen LogP) is -0.112. The lowest BCUT2D eigenvalue weighted by Crippen LogP contribution is -2.45. The van der Waals surface area contributed by atoms with Crippen LogP contribution in [0.4, 0.5) is 0 Å². The molecule has 0 aliphatic heterocycles. The Morgan fingerprint density at radius 3 is 2.11 bits per heavy atom. The molecule has 0 unspecified atom stereocenters. The number of hydrogen-bond acceptors (Lipinski definition) is 5. The molecule has 0 aliphatic carbocycles. The van der Waals surface area contributed by atoms with Crippen LogP contribution in [-0.4, -0.2) is 51.7 Å². The molecule has 0 rings (SSSR count). The molecule has 6 nitrogen and oxygen atoms in total. The van der Waals surface area contributed by atoms with Crippen LogP contribution in [0.25, 0.3) is 0 Å². The van der Waals surface area contributed by atoms with Gasteiger partial charge in [-0.2, -0.15) is 0 Å². The summed E-state index contributed by atoms with van der Waals surface area (Å²) in [6.07, 6.45) is 1.29. The van der Waals surface area contributed by atoms with E-state index in [2.05, 4.69) is 34.5 Å². The molecular formula is C13H27N3O3. The first-order valence-corrected chi connectivity index (χ1v) is 6.66. The van der Waals surface area contributed by atoms with Gasteiger partial charge in [0, 0.05) is 6.54 Å². The third-order valence-electron chi connectivity index (χ3n) is 2.94. The molecule has 6 heteroatoms. The van der Waals surface area contributed by atoms with E-state index in [1.54, 1.807) is 14.1 Å². The number of carbonyl (C=O) groups is 2. The van der Waals surface area contributed by atoms with Crippen molar-refractivity contribution in [1.29, 1.82) is 0 Å². The van der Waals surface area contributed by atoms with Crippen molar-refractivity contribution in [2.45, 2.75) is 38.8 Å². The van der Waals surface area contributed by atoms with Crippen molar-refractivity contribution in [2.75, 3.05) is 27.7 Å². The van der Waals surface area contributed by atoms with Crippen LogP contribution in [0.15, 0.2) is 0 Å². The van der Waals surface area contributed by atoms with Gasteiger partial charge in [-0.15, -0.1) is 0 Å². The number of ether oxygens (including phenoxy) is 1. The zero-order chi connectivity index (χ0) is 14.8. The second-order valence-electron chi connectivity index (χ2n) is 4.91. The van der Waals surface area contributed by atoms with Gasteiger partial charge in [0.05, 0.1) is 13.2 Å². The maximum atomic E-state index is 11.9. The summed E-state index contributed by atoms with van der Waals surface area (Å²) in [6.45, 7) is 4.59. The van der Waals surface area contributed by atoms with Crippen LogP contribution >= 0.6 is 0 Å². The van der Waals surface area contributed by atoms with Crippen molar-refractivity contribution in [3.63, 3.8) is 0 Å². The first-order valence-electron chi connectivity index (χ1n) is 6.66. The number of nitrogens with one attached hydrogen (secondary N) is 3. The lowest BCUT2D eigenvalue weighted by Gasteiger charge is -2.19. The Kier molecular flexibility index (Phi) is 9.16. The molecule has 2 atom stereocenters. The molecule has 19 heavy (non-hydrogen) atoms. The number of likely N-dealkylation sites (N-methyl/N-ethyl adjacent to an activating group) is 2. The van der Waals surface area contributed by atoms with E-state index in [9.17, 15) is 9.59 Å². The molecule has 112 valence electrons. The largest absolute Gasteiger partial charge is 0.468 e. The number of hydrogen-bond donors (Lipinski definition) is 3. The second kappa shape index (κ2) is 9.75. The van der Waals surface area contributed by atoms with E-state index in [1.807, 2.05) is 0 Å². The van der Waals surface area contributed by atoms with E-state index in [0.29, 0.717) is 18.9 Å². The maximum absolute atomic E-state index is 11.9. The molecule has 0 radical (unpaired) electrons. The summed E-state index contributed by atoms with van der Waals surface area (Å²) in [5.74, 6) is 0.100. The van der Waals surface area contributed by atoms with Crippen molar-refractivity contribution in [1.82, 2.24) is 16.0 Å². The van der Waals surface area contributed by atoms with Crippen LogP contribution < -0.4 is 16.0 Å². The monoisotopic (exact) mass is 273 g/mol. The Hall–Kier alpha value is -1.14. The minimum atomic E-state index is -0.386. The summed E-state index contributed by atoms with van der Waals surface area (Å²) in [5.41, 5.74) is 0. The first-order chi connectivity index (χ1) is 8.96. The van der Waals surface area contributed by atoms with Gasteiger partial charge >= 0.3 is 5.97 Å².